The number of aliphatic carboxylic acids is 2. The largest absolute Gasteiger partial charge is 0.480 e. The van der Waals surface area contributed by atoms with Gasteiger partial charge in [-0.2, -0.15) is 0 Å². The molecule has 0 aliphatic heterocycles. The van der Waals surface area contributed by atoms with E-state index in [1.165, 1.54) is 18.8 Å². The molecule has 0 heterocycles. The molecule has 0 spiro atoms. The Hall–Kier alpha value is -1.43. The third-order valence-electron chi connectivity index (χ3n) is 2.42. The van der Waals surface area contributed by atoms with Crippen LogP contribution in [-0.4, -0.2) is 52.5 Å². The van der Waals surface area contributed by atoms with Gasteiger partial charge in [-0.3, -0.25) is 21.0 Å². The van der Waals surface area contributed by atoms with Crippen LogP contribution in [0, 0.1) is 0 Å². The summed E-state index contributed by atoms with van der Waals surface area (Å²) in [5, 5.41) is 17.4. The van der Waals surface area contributed by atoms with Crippen LogP contribution in [0.25, 0.3) is 0 Å². The normalized spacial score (nSPS) is 12.6. The van der Waals surface area contributed by atoms with Gasteiger partial charge in [0.15, 0.2) is 14.0 Å². The molecule has 0 aliphatic carbocycles. The number of halogens is 2. The average Bonchev–Trinajstić information content (AvgIpc) is 2.53. The molecule has 0 fully saturated rings. The van der Waals surface area contributed by atoms with Gasteiger partial charge in [-0.1, -0.05) is 23.2 Å². The first-order valence-corrected chi connectivity index (χ1v) is 9.88. The lowest BCUT2D eigenvalue weighted by atomic mass is 10.2. The summed E-state index contributed by atoms with van der Waals surface area (Å²) >= 11 is 11.3. The number of carboxylic acids is 2. The lowest BCUT2D eigenvalue weighted by Gasteiger charge is -2.07. The Morgan fingerprint density at radius 1 is 1.26 bits per heavy atom. The van der Waals surface area contributed by atoms with Gasteiger partial charge in [0.1, 0.15) is 11.8 Å². The molecule has 2 atom stereocenters. The second-order valence-corrected chi connectivity index (χ2v) is 8.16. The van der Waals surface area contributed by atoms with Crippen molar-refractivity contribution in [3.8, 4) is 5.75 Å². The molecule has 0 radical (unpaired) electrons. The molecule has 2 unspecified atom stereocenters. The highest BCUT2D eigenvalue weighted by atomic mass is 35.5. The lowest BCUT2D eigenvalue weighted by Crippen LogP contribution is -2.30. The van der Waals surface area contributed by atoms with Gasteiger partial charge in [0.25, 0.3) is 0 Å². The van der Waals surface area contributed by atoms with Gasteiger partial charge in [-0.25, -0.2) is 4.79 Å². The van der Waals surface area contributed by atoms with E-state index in [-0.39, 0.29) is 18.7 Å². The monoisotopic (exact) mass is 450 g/mol. The maximum Gasteiger partial charge on any atom is 0.341 e. The Labute approximate surface area is 166 Å². The predicted octanol–water partition coefficient (Wildman–Crippen LogP) is 1.13. The minimum atomic E-state index is -3.10. The number of hydrazine groups is 1. The van der Waals surface area contributed by atoms with Crippen LogP contribution < -0.4 is 28.3 Å². The molecule has 0 amide bonds. The molecule has 0 saturated carbocycles. The summed E-state index contributed by atoms with van der Waals surface area (Å²) in [4.78, 5) is 29.0. The van der Waals surface area contributed by atoms with Gasteiger partial charge in [-0.15, -0.1) is 0 Å². The minimum Gasteiger partial charge on any atom is -0.480 e. The summed E-state index contributed by atoms with van der Waals surface area (Å²) in [5.41, 5.74) is 5.09. The van der Waals surface area contributed by atoms with Crippen LogP contribution >= 0.6 is 30.6 Å². The second-order valence-electron chi connectivity index (χ2n) is 4.77. The number of carboxylic acid groups (broad SMARTS) is 2. The van der Waals surface area contributed by atoms with Crippen LogP contribution in [0.15, 0.2) is 18.2 Å². The molecule has 0 aliphatic rings. The molecule has 14 heteroatoms. The quantitative estimate of drug-likeness (QED) is 0.176. The van der Waals surface area contributed by atoms with Crippen LogP contribution in [0.3, 0.4) is 0 Å². The van der Waals surface area contributed by atoms with Crippen molar-refractivity contribution in [1.82, 2.24) is 6.15 Å². The van der Waals surface area contributed by atoms with Crippen LogP contribution in [-0.2, 0) is 14.2 Å². The fraction of sp³-hybridized carbons (Fsp3) is 0.385. The zero-order valence-electron chi connectivity index (χ0n) is 14.5. The van der Waals surface area contributed by atoms with Crippen LogP contribution in [0.2, 0.25) is 10.0 Å². The Balaban J connectivity index is -0.000000382. The summed E-state index contributed by atoms with van der Waals surface area (Å²) in [7, 11) is -3.10. The molecule has 0 aromatic heterocycles. The molecular weight excluding hydrogens is 426 g/mol. The van der Waals surface area contributed by atoms with Crippen molar-refractivity contribution in [2.24, 2.45) is 17.4 Å². The number of nitrogens with two attached hydrogens (primary N) is 3. The Morgan fingerprint density at radius 2 is 1.78 bits per heavy atom. The number of hydrogen-bond acceptors (Lipinski definition) is 8. The van der Waals surface area contributed by atoms with E-state index in [1.807, 2.05) is 0 Å². The van der Waals surface area contributed by atoms with Crippen molar-refractivity contribution in [3.05, 3.63) is 28.2 Å². The number of ether oxygens (including phenoxy) is 1. The van der Waals surface area contributed by atoms with Gasteiger partial charge >= 0.3 is 11.9 Å². The van der Waals surface area contributed by atoms with Crippen molar-refractivity contribution in [2.45, 2.75) is 12.5 Å². The molecule has 1 aromatic carbocycles. The number of rotatable bonds is 7. The van der Waals surface area contributed by atoms with E-state index in [4.69, 9.17) is 48.8 Å². The van der Waals surface area contributed by atoms with Crippen LogP contribution in [0.1, 0.15) is 6.42 Å². The van der Waals surface area contributed by atoms with Crippen molar-refractivity contribution >= 4 is 42.5 Å². The summed E-state index contributed by atoms with van der Waals surface area (Å²) in [6, 6.07) is 3.55. The van der Waals surface area contributed by atoms with Gasteiger partial charge < -0.3 is 31.7 Å². The fourth-order valence-corrected chi connectivity index (χ4v) is 2.45. The molecular formula is C13H25Cl2N4O7P. The first kappa shape index (κ1) is 30.3. The highest BCUT2D eigenvalue weighted by molar-refractivity contribution is 7.57. The summed E-state index contributed by atoms with van der Waals surface area (Å²) < 4.78 is 15.5. The van der Waals surface area contributed by atoms with Crippen LogP contribution in [0.4, 0.5) is 0 Å². The summed E-state index contributed by atoms with van der Waals surface area (Å²) in [5.74, 6) is 6.12. The third-order valence-corrected chi connectivity index (χ3v) is 4.04. The maximum absolute atomic E-state index is 10.6. The Bertz CT molecular complexity index is 631. The van der Waals surface area contributed by atoms with Crippen LogP contribution in [0.5, 0.6) is 5.75 Å². The van der Waals surface area contributed by atoms with Gasteiger partial charge in [0, 0.05) is 17.8 Å². The Kier molecular flexibility index (Phi) is 17.5. The third kappa shape index (κ3) is 17.7. The summed E-state index contributed by atoms with van der Waals surface area (Å²) in [6.45, 7) is 0.767. The first-order valence-electron chi connectivity index (χ1n) is 6.83. The summed E-state index contributed by atoms with van der Waals surface area (Å²) in [6.07, 6.45) is 0.0000772. The smallest absolute Gasteiger partial charge is 0.341 e. The van der Waals surface area contributed by atoms with E-state index in [9.17, 15) is 14.2 Å². The minimum absolute atomic E-state index is 0. The van der Waals surface area contributed by atoms with Gasteiger partial charge in [0.2, 0.25) is 0 Å². The van der Waals surface area contributed by atoms with Gasteiger partial charge in [-0.05, 0) is 24.6 Å². The van der Waals surface area contributed by atoms with Gasteiger partial charge in [0.05, 0.1) is 5.02 Å². The standard InChI is InChI=1S/C8H6Cl2O3.C5H12NO4P.H4N2.H3N/c9-5-1-2-7(6(10)3-5)13-4-8(11)12;1-11(9,10)3-2-4(6)5(7)8;1-2;/h1-3H,4H2,(H,11,12);4H,2-3,6H2,1H3,(H,7,8)(H,9,10);1-2H2;1H3. The molecule has 1 aromatic rings. The zero-order chi connectivity index (χ0) is 20.9. The second kappa shape index (κ2) is 15.6. The highest BCUT2D eigenvalue weighted by Crippen LogP contribution is 2.35. The molecule has 0 bridgehead atoms. The van der Waals surface area contributed by atoms with E-state index >= 15 is 0 Å². The molecule has 1 rings (SSSR count). The number of benzene rings is 1. The molecule has 12 N–H and O–H groups in total. The fourth-order valence-electron chi connectivity index (χ4n) is 1.23. The SMILES string of the molecule is CP(=O)(O)CCC(N)C(=O)O.N.NN.O=C(O)COc1ccc(Cl)cc1Cl. The maximum atomic E-state index is 10.6. The number of hydrogen-bond donors (Lipinski definition) is 7. The van der Waals surface area contributed by atoms with Crippen molar-refractivity contribution in [3.63, 3.8) is 0 Å². The van der Waals surface area contributed by atoms with E-state index < -0.39 is 32.0 Å². The van der Waals surface area contributed by atoms with E-state index in [0.29, 0.717) is 15.8 Å². The van der Waals surface area contributed by atoms with Crippen molar-refractivity contribution in [1.29, 1.82) is 0 Å². The molecule has 27 heavy (non-hydrogen) atoms. The molecule has 158 valence electrons. The highest BCUT2D eigenvalue weighted by Gasteiger charge is 2.16. The molecule has 0 saturated heterocycles. The van der Waals surface area contributed by atoms with E-state index in [2.05, 4.69) is 11.7 Å². The average molecular weight is 451 g/mol. The van der Waals surface area contributed by atoms with E-state index in [0.717, 1.165) is 0 Å². The van der Waals surface area contributed by atoms with Crippen molar-refractivity contribution in [2.75, 3.05) is 19.4 Å². The predicted molar refractivity (Wildman–Crippen MR) is 104 cm³/mol. The molecule has 11 nitrogen and oxygen atoms in total. The lowest BCUT2D eigenvalue weighted by molar-refractivity contribution is -0.139. The van der Waals surface area contributed by atoms with E-state index in [1.54, 1.807) is 6.07 Å². The first-order chi connectivity index (χ1) is 11.9. The van der Waals surface area contributed by atoms with Crippen molar-refractivity contribution < 1.29 is 34.0 Å². The number of carbonyl (C=O) groups is 2. The topological polar surface area (TPSA) is 234 Å². The zero-order valence-corrected chi connectivity index (χ0v) is 17.0. The Morgan fingerprint density at radius 3 is 2.15 bits per heavy atom.